The molecule has 4 N–H and O–H groups in total. The van der Waals surface area contributed by atoms with Crippen molar-refractivity contribution in [2.24, 2.45) is 10.3 Å². The zero-order valence-corrected chi connectivity index (χ0v) is 12.0. The molecule has 0 aliphatic heterocycles. The zero-order valence-electron chi connectivity index (χ0n) is 10.4. The molecule has 25 heavy (non-hydrogen) atoms. The fourth-order valence-electron chi connectivity index (χ4n) is 0.470. The van der Waals surface area contributed by atoms with E-state index in [-0.39, 0.29) is 18.9 Å². The van der Waals surface area contributed by atoms with Crippen molar-refractivity contribution in [1.82, 2.24) is 0 Å². The number of alkyl halides is 4. The Labute approximate surface area is 144 Å². The molecule has 0 aromatic carbocycles. The summed E-state index contributed by atoms with van der Waals surface area (Å²) in [6.07, 6.45) is -6.84. The van der Waals surface area contributed by atoms with Crippen molar-refractivity contribution >= 4 is 38.9 Å². The molecule has 0 radical (unpaired) electrons. The zero-order chi connectivity index (χ0) is 20.3. The molecule has 0 rings (SSSR count). The molecule has 0 spiro atoms. The van der Waals surface area contributed by atoms with Gasteiger partial charge in [-0.3, -0.25) is 0 Å². The van der Waals surface area contributed by atoms with Crippen molar-refractivity contribution in [2.75, 3.05) is 0 Å². The van der Waals surface area contributed by atoms with Crippen LogP contribution < -0.4 is 10.3 Å². The van der Waals surface area contributed by atoms with Crippen LogP contribution in [0.1, 0.15) is 0 Å². The predicted octanol–water partition coefficient (Wildman–Crippen LogP) is 1.24. The third-order valence-electron chi connectivity index (χ3n) is 1.56. The summed E-state index contributed by atoms with van der Waals surface area (Å²) >= 11 is 0. The molecule has 19 heteroatoms. The van der Waals surface area contributed by atoms with Gasteiger partial charge in [-0.05, 0) is 0 Å². The van der Waals surface area contributed by atoms with Crippen LogP contribution in [0.3, 0.4) is 0 Å². The Morgan fingerprint density at radius 2 is 0.760 bits per heavy atom. The van der Waals surface area contributed by atoms with E-state index in [1.807, 2.05) is 0 Å². The normalized spacial score (nSPS) is 12.3. The van der Waals surface area contributed by atoms with Crippen molar-refractivity contribution in [3.05, 3.63) is 23.8 Å². The Morgan fingerprint density at radius 1 is 0.600 bits per heavy atom. The van der Waals surface area contributed by atoms with Gasteiger partial charge in [0, 0.05) is 0 Å². The minimum atomic E-state index is -5.69. The molecule has 0 unspecified atom stereocenters. The number of hydrogen-bond donors (Lipinski definition) is 2. The molecule has 0 aliphatic rings. The number of hydrogen-bond acceptors (Lipinski definition) is 4. The van der Waals surface area contributed by atoms with Gasteiger partial charge < -0.3 is 0 Å². The third-order valence-corrected chi connectivity index (χ3v) is 3.35. The number of sulfonamides is 2. The first-order valence-electron chi connectivity index (χ1n) is 4.44. The number of primary sulfonamides is 2. The topological polar surface area (TPSA) is 120 Å². The van der Waals surface area contributed by atoms with E-state index in [9.17, 15) is 60.7 Å². The maximum absolute atomic E-state index is 11.9. The van der Waals surface area contributed by atoms with Crippen molar-refractivity contribution in [3.63, 3.8) is 0 Å². The van der Waals surface area contributed by atoms with Crippen LogP contribution >= 0.6 is 0 Å². The molecule has 6 nitrogen and oxygen atoms in total. The van der Waals surface area contributed by atoms with E-state index >= 15 is 0 Å². The molecular weight excluding hydrogens is 425 g/mol. The summed E-state index contributed by atoms with van der Waals surface area (Å²) in [4.78, 5) is 0. The summed E-state index contributed by atoms with van der Waals surface area (Å²) in [7, 11) is -11.4. The average molecular weight is 430 g/mol. The molecule has 0 aromatic rings. The maximum atomic E-state index is 11.9. The summed E-state index contributed by atoms with van der Waals surface area (Å²) in [5.74, 6) is -6.71. The molecule has 0 amide bonds. The van der Waals surface area contributed by atoms with E-state index in [1.165, 1.54) is 0 Å². The quantitative estimate of drug-likeness (QED) is 0.515. The van der Waals surface area contributed by atoms with Crippen molar-refractivity contribution in [3.8, 4) is 0 Å². The van der Waals surface area contributed by atoms with E-state index in [2.05, 4.69) is 10.3 Å². The van der Waals surface area contributed by atoms with E-state index in [1.54, 1.807) is 0 Å². The second kappa shape index (κ2) is 9.23. The monoisotopic (exact) mass is 430 g/mol. The van der Waals surface area contributed by atoms with Gasteiger partial charge in [0.2, 0.25) is 0 Å². The summed E-state index contributed by atoms with van der Waals surface area (Å²) in [5, 5.41) is -3.21. The van der Waals surface area contributed by atoms with Crippen molar-refractivity contribution in [2.45, 2.75) is 10.5 Å². The Morgan fingerprint density at radius 3 is 0.800 bits per heavy atom. The van der Waals surface area contributed by atoms with Crippen LogP contribution in [0.2, 0.25) is 0 Å². The minimum absolute atomic E-state index is 0. The summed E-state index contributed by atoms with van der Waals surface area (Å²) in [6, 6.07) is 0. The molecule has 146 valence electrons. The fraction of sp³-hybridized carbons (Fsp3) is 0.333. The van der Waals surface area contributed by atoms with Crippen LogP contribution in [0.5, 0.6) is 0 Å². The molecule has 0 aromatic heterocycles. The fourth-order valence-corrected chi connectivity index (χ4v) is 1.12. The van der Waals surface area contributed by atoms with Crippen LogP contribution in [0.25, 0.3) is 0 Å². The average Bonchev–Trinajstić information content (AvgIpc) is 2.34. The molecular formula is C6H5F10LiN2O4S2. The van der Waals surface area contributed by atoms with Crippen LogP contribution in [0.4, 0.5) is 43.9 Å². The number of nitrogens with two attached hydrogens (primary N) is 2. The van der Waals surface area contributed by atoms with Gasteiger partial charge in [-0.1, -0.05) is 0 Å². The van der Waals surface area contributed by atoms with Gasteiger partial charge in [0.15, 0.2) is 0 Å². The van der Waals surface area contributed by atoms with Gasteiger partial charge in [0.05, 0.1) is 0 Å². The predicted molar refractivity (Wildman–Crippen MR) is 64.0 cm³/mol. The van der Waals surface area contributed by atoms with Crippen LogP contribution in [0.15, 0.2) is 23.8 Å². The van der Waals surface area contributed by atoms with E-state index < -0.39 is 54.4 Å². The molecule has 0 bridgehead atoms. The van der Waals surface area contributed by atoms with Gasteiger partial charge in [0.25, 0.3) is 31.7 Å². The summed E-state index contributed by atoms with van der Waals surface area (Å²) in [6.45, 7) is 0. The molecule has 0 heterocycles. The molecule has 0 aliphatic carbocycles. The molecule has 0 atom stereocenters. The number of halogens is 10. The standard InChI is InChI=1S/2C3H2F5NO2S.Li.H/c2*4-1(2(5)6)3(7,8)12(9,10)11;;/h2*(H2,9,10,11);;. The summed E-state index contributed by atoms with van der Waals surface area (Å²) in [5.41, 5.74) is 0. The van der Waals surface area contributed by atoms with Crippen molar-refractivity contribution < 1.29 is 60.7 Å². The second-order valence-corrected chi connectivity index (χ2v) is 6.48. The van der Waals surface area contributed by atoms with Crippen LogP contribution in [-0.4, -0.2) is 46.2 Å². The Kier molecular flexibility index (Phi) is 10.7. The van der Waals surface area contributed by atoms with E-state index in [0.717, 1.165) is 0 Å². The van der Waals surface area contributed by atoms with Gasteiger partial charge in [-0.25, -0.2) is 27.1 Å². The SMILES string of the molecule is NS(=O)(=O)C(F)(F)C(F)=C(F)F.NS(=O)(=O)C(F)(F)C(F)=C(F)F.[LiH]. The van der Waals surface area contributed by atoms with Gasteiger partial charge >= 0.3 is 41.5 Å². The molecule has 0 fully saturated rings. The Hall–Kier alpha value is -0.803. The van der Waals surface area contributed by atoms with E-state index in [4.69, 9.17) is 0 Å². The molecule has 0 saturated heterocycles. The van der Waals surface area contributed by atoms with Crippen molar-refractivity contribution in [1.29, 1.82) is 0 Å². The Balaban J connectivity index is -0.000000372. The first kappa shape index (κ1) is 29.0. The van der Waals surface area contributed by atoms with Gasteiger partial charge in [0.1, 0.15) is 0 Å². The summed E-state index contributed by atoms with van der Waals surface area (Å²) < 4.78 is 155. The van der Waals surface area contributed by atoms with Gasteiger partial charge in [-0.2, -0.15) is 43.9 Å². The second-order valence-electron chi connectivity index (χ2n) is 3.27. The van der Waals surface area contributed by atoms with Crippen LogP contribution in [0, 0.1) is 0 Å². The van der Waals surface area contributed by atoms with Gasteiger partial charge in [-0.15, -0.1) is 0 Å². The Bertz CT molecular complexity index is 675. The first-order chi connectivity index (χ1) is 10.2. The van der Waals surface area contributed by atoms with E-state index in [0.29, 0.717) is 0 Å². The number of rotatable bonds is 4. The van der Waals surface area contributed by atoms with Crippen LogP contribution in [-0.2, 0) is 20.0 Å². The first-order valence-corrected chi connectivity index (χ1v) is 7.53. The molecule has 0 saturated carbocycles. The third kappa shape index (κ3) is 7.53.